The molecular formula is C19H23NO4S. The van der Waals surface area contributed by atoms with E-state index in [1.807, 2.05) is 31.2 Å². The number of hydrogen-bond donors (Lipinski definition) is 0. The second kappa shape index (κ2) is 8.16. The maximum absolute atomic E-state index is 12.4. The first-order chi connectivity index (χ1) is 11.7. The Hall–Kier alpha value is -2.34. The van der Waals surface area contributed by atoms with E-state index in [9.17, 15) is 13.2 Å². The maximum atomic E-state index is 12.4. The molecule has 0 bridgehead atoms. The van der Waals surface area contributed by atoms with Crippen molar-refractivity contribution >= 4 is 15.7 Å². The van der Waals surface area contributed by atoms with Crippen molar-refractivity contribution in [2.45, 2.75) is 12.7 Å². The van der Waals surface area contributed by atoms with Crippen molar-refractivity contribution in [2.75, 3.05) is 26.5 Å². The number of nitrogens with zero attached hydrogens (tertiary/aromatic N) is 1. The Balaban J connectivity index is 1.87. The molecule has 0 aliphatic rings. The van der Waals surface area contributed by atoms with Gasteiger partial charge in [-0.15, -0.1) is 0 Å². The van der Waals surface area contributed by atoms with Gasteiger partial charge in [-0.1, -0.05) is 29.8 Å². The Labute approximate surface area is 149 Å². The van der Waals surface area contributed by atoms with Gasteiger partial charge in [0.1, 0.15) is 12.4 Å². The molecule has 6 heteroatoms. The van der Waals surface area contributed by atoms with Crippen LogP contribution in [0.4, 0.5) is 0 Å². The van der Waals surface area contributed by atoms with Gasteiger partial charge in [-0.3, -0.25) is 4.79 Å². The van der Waals surface area contributed by atoms with Crippen LogP contribution in [0.25, 0.3) is 0 Å². The molecule has 2 aromatic carbocycles. The van der Waals surface area contributed by atoms with E-state index in [0.29, 0.717) is 24.3 Å². The van der Waals surface area contributed by atoms with Gasteiger partial charge in [0.15, 0.2) is 9.84 Å². The summed E-state index contributed by atoms with van der Waals surface area (Å²) < 4.78 is 28.2. The number of benzene rings is 2. The van der Waals surface area contributed by atoms with Crippen LogP contribution in [0.15, 0.2) is 48.5 Å². The Morgan fingerprint density at radius 3 is 2.20 bits per heavy atom. The van der Waals surface area contributed by atoms with Crippen molar-refractivity contribution in [2.24, 2.45) is 0 Å². The zero-order chi connectivity index (χ0) is 18.4. The summed E-state index contributed by atoms with van der Waals surface area (Å²) in [4.78, 5) is 14.0. The normalized spacial score (nSPS) is 11.2. The molecule has 25 heavy (non-hydrogen) atoms. The molecule has 0 heterocycles. The Bertz CT molecular complexity index is 812. The van der Waals surface area contributed by atoms with Gasteiger partial charge in [0.2, 0.25) is 0 Å². The topological polar surface area (TPSA) is 63.7 Å². The number of amides is 1. The van der Waals surface area contributed by atoms with Gasteiger partial charge in [-0.05, 0) is 36.8 Å². The number of ether oxygens (including phenoxy) is 1. The van der Waals surface area contributed by atoms with Gasteiger partial charge >= 0.3 is 0 Å². The highest BCUT2D eigenvalue weighted by molar-refractivity contribution is 7.89. The summed E-state index contributed by atoms with van der Waals surface area (Å²) in [6.07, 6.45) is 1.19. The number of carbonyl (C=O) groups is 1. The largest absolute Gasteiger partial charge is 0.492 e. The van der Waals surface area contributed by atoms with Crippen LogP contribution in [0.1, 0.15) is 21.5 Å². The summed E-state index contributed by atoms with van der Waals surface area (Å²) in [5.41, 5.74) is 2.36. The van der Waals surface area contributed by atoms with Crippen LogP contribution in [-0.4, -0.2) is 45.7 Å². The van der Waals surface area contributed by atoms with Crippen LogP contribution in [0.5, 0.6) is 5.75 Å². The van der Waals surface area contributed by atoms with Gasteiger partial charge in [-0.25, -0.2) is 8.42 Å². The second-order valence-corrected chi connectivity index (χ2v) is 8.30. The van der Waals surface area contributed by atoms with E-state index in [2.05, 4.69) is 0 Å². The minimum atomic E-state index is -3.08. The average molecular weight is 361 g/mol. The Morgan fingerprint density at radius 1 is 1.04 bits per heavy atom. The highest BCUT2D eigenvalue weighted by Gasteiger charge is 2.12. The first-order valence-electron chi connectivity index (χ1n) is 7.96. The molecule has 0 fully saturated rings. The van der Waals surface area contributed by atoms with E-state index < -0.39 is 9.84 Å². The molecule has 0 unspecified atom stereocenters. The predicted octanol–water partition coefficient (Wildman–Crippen LogP) is 2.69. The molecule has 2 rings (SSSR count). The van der Waals surface area contributed by atoms with Crippen LogP contribution in [0.3, 0.4) is 0 Å². The zero-order valence-electron chi connectivity index (χ0n) is 14.7. The molecular weight excluding hydrogens is 338 g/mol. The lowest BCUT2D eigenvalue weighted by atomic mass is 10.1. The second-order valence-electron chi connectivity index (χ2n) is 6.16. The Morgan fingerprint density at radius 2 is 1.64 bits per heavy atom. The molecule has 0 radical (unpaired) electrons. The van der Waals surface area contributed by atoms with E-state index in [4.69, 9.17) is 4.74 Å². The van der Waals surface area contributed by atoms with Gasteiger partial charge in [0, 0.05) is 18.9 Å². The third kappa shape index (κ3) is 6.23. The molecule has 0 aliphatic carbocycles. The SMILES string of the molecule is Cc1ccc(OCCN(C)C(=O)c2ccc(CS(C)(=O)=O)cc2)cc1. The molecule has 5 nitrogen and oxygen atoms in total. The molecule has 0 saturated carbocycles. The number of likely N-dealkylation sites (N-methyl/N-ethyl adjacent to an activating group) is 1. The number of hydrogen-bond acceptors (Lipinski definition) is 4. The van der Waals surface area contributed by atoms with E-state index in [1.54, 1.807) is 36.2 Å². The molecule has 0 aliphatic heterocycles. The average Bonchev–Trinajstić information content (AvgIpc) is 2.55. The van der Waals surface area contributed by atoms with Crippen molar-refractivity contribution in [3.63, 3.8) is 0 Å². The van der Waals surface area contributed by atoms with E-state index in [1.165, 1.54) is 11.8 Å². The third-order valence-electron chi connectivity index (χ3n) is 3.69. The van der Waals surface area contributed by atoms with E-state index in [-0.39, 0.29) is 11.7 Å². The molecule has 0 N–H and O–H groups in total. The van der Waals surface area contributed by atoms with Crippen LogP contribution < -0.4 is 4.74 Å². The minimum Gasteiger partial charge on any atom is -0.492 e. The summed E-state index contributed by atoms with van der Waals surface area (Å²) in [5, 5.41) is 0. The lowest BCUT2D eigenvalue weighted by Crippen LogP contribution is -2.30. The minimum absolute atomic E-state index is 0.0261. The van der Waals surface area contributed by atoms with E-state index >= 15 is 0 Å². The van der Waals surface area contributed by atoms with Crippen molar-refractivity contribution in [1.82, 2.24) is 4.90 Å². The fraction of sp³-hybridized carbons (Fsp3) is 0.316. The molecule has 0 spiro atoms. The molecule has 134 valence electrons. The number of carbonyl (C=O) groups excluding carboxylic acids is 1. The molecule has 0 saturated heterocycles. The van der Waals surface area contributed by atoms with Gasteiger partial charge < -0.3 is 9.64 Å². The summed E-state index contributed by atoms with van der Waals surface area (Å²) in [7, 11) is -1.37. The molecule has 1 amide bonds. The van der Waals surface area contributed by atoms with Crippen LogP contribution in [0, 0.1) is 6.92 Å². The summed E-state index contributed by atoms with van der Waals surface area (Å²) in [6.45, 7) is 2.87. The van der Waals surface area contributed by atoms with Crippen LogP contribution >= 0.6 is 0 Å². The van der Waals surface area contributed by atoms with Crippen molar-refractivity contribution in [3.8, 4) is 5.75 Å². The number of rotatable bonds is 7. The molecule has 0 aromatic heterocycles. The quantitative estimate of drug-likeness (QED) is 0.761. The molecule has 2 aromatic rings. The number of sulfone groups is 1. The predicted molar refractivity (Wildman–Crippen MR) is 98.6 cm³/mol. The lowest BCUT2D eigenvalue weighted by molar-refractivity contribution is 0.0774. The first kappa shape index (κ1) is 19.0. The summed E-state index contributed by atoms with van der Waals surface area (Å²) in [6, 6.07) is 14.4. The first-order valence-corrected chi connectivity index (χ1v) is 10.0. The van der Waals surface area contributed by atoms with Crippen molar-refractivity contribution in [3.05, 3.63) is 65.2 Å². The summed E-state index contributed by atoms with van der Waals surface area (Å²) >= 11 is 0. The highest BCUT2D eigenvalue weighted by atomic mass is 32.2. The fourth-order valence-electron chi connectivity index (χ4n) is 2.30. The molecule has 0 atom stereocenters. The zero-order valence-corrected chi connectivity index (χ0v) is 15.5. The van der Waals surface area contributed by atoms with Gasteiger partial charge in [0.25, 0.3) is 5.91 Å². The van der Waals surface area contributed by atoms with Gasteiger partial charge in [0.05, 0.1) is 12.3 Å². The standard InChI is InChI=1S/C19H23NO4S/c1-15-4-10-18(11-5-15)24-13-12-20(2)19(21)17-8-6-16(7-9-17)14-25(3,22)23/h4-11H,12-14H2,1-3H3. The highest BCUT2D eigenvalue weighted by Crippen LogP contribution is 2.12. The number of aryl methyl sites for hydroxylation is 1. The monoisotopic (exact) mass is 361 g/mol. The maximum Gasteiger partial charge on any atom is 0.253 e. The smallest absolute Gasteiger partial charge is 0.253 e. The fourth-order valence-corrected chi connectivity index (χ4v) is 3.10. The van der Waals surface area contributed by atoms with Crippen molar-refractivity contribution < 1.29 is 17.9 Å². The Kier molecular flexibility index (Phi) is 6.20. The summed E-state index contributed by atoms with van der Waals surface area (Å²) in [5.74, 6) is 0.622. The van der Waals surface area contributed by atoms with Crippen LogP contribution in [0.2, 0.25) is 0 Å². The third-order valence-corrected chi connectivity index (χ3v) is 4.55. The lowest BCUT2D eigenvalue weighted by Gasteiger charge is -2.18. The van der Waals surface area contributed by atoms with E-state index in [0.717, 1.165) is 5.75 Å². The van der Waals surface area contributed by atoms with Crippen molar-refractivity contribution in [1.29, 1.82) is 0 Å². The van der Waals surface area contributed by atoms with Crippen LogP contribution in [-0.2, 0) is 15.6 Å². The van der Waals surface area contributed by atoms with Gasteiger partial charge in [-0.2, -0.15) is 0 Å².